The number of aryl methyl sites for hydroxylation is 1. The summed E-state index contributed by atoms with van der Waals surface area (Å²) in [5, 5.41) is -0.235. The van der Waals surface area contributed by atoms with E-state index in [1.165, 1.54) is 4.90 Å². The molecule has 2 rings (SSSR count). The maximum absolute atomic E-state index is 12.0. The molecule has 2 N–H and O–H groups in total. The van der Waals surface area contributed by atoms with Gasteiger partial charge in [0, 0.05) is 13.1 Å². The molecule has 1 heterocycles. The summed E-state index contributed by atoms with van der Waals surface area (Å²) in [5.74, 6) is 0.590. The zero-order valence-electron chi connectivity index (χ0n) is 11.9. The predicted molar refractivity (Wildman–Crippen MR) is 83.2 cm³/mol. The van der Waals surface area contributed by atoms with E-state index in [0.717, 1.165) is 29.5 Å². The Morgan fingerprint density at radius 1 is 1.29 bits per heavy atom. The van der Waals surface area contributed by atoms with E-state index in [1.54, 1.807) is 7.11 Å². The standard InChI is InChI=1S/C15H18N2O3S/c1-20-12-7-5-11(6-8-12)3-2-4-13-14(18)17(10-9-16)15(19)21-13/h4-8H,2-3,9-10,16H2,1H3. The summed E-state index contributed by atoms with van der Waals surface area (Å²) in [4.78, 5) is 25.3. The number of amides is 2. The Morgan fingerprint density at radius 2 is 2.00 bits per heavy atom. The number of hydrogen-bond acceptors (Lipinski definition) is 5. The van der Waals surface area contributed by atoms with Gasteiger partial charge in [-0.25, -0.2) is 0 Å². The largest absolute Gasteiger partial charge is 0.497 e. The van der Waals surface area contributed by atoms with Crippen molar-refractivity contribution in [3.8, 4) is 5.75 Å². The number of allylic oxidation sites excluding steroid dienone is 1. The quantitative estimate of drug-likeness (QED) is 0.815. The molecule has 0 atom stereocenters. The van der Waals surface area contributed by atoms with Crippen molar-refractivity contribution in [2.24, 2.45) is 5.73 Å². The van der Waals surface area contributed by atoms with Crippen LogP contribution in [0.25, 0.3) is 0 Å². The van der Waals surface area contributed by atoms with Crippen LogP contribution in [0.1, 0.15) is 12.0 Å². The van der Waals surface area contributed by atoms with Gasteiger partial charge in [0.05, 0.1) is 12.0 Å². The average Bonchev–Trinajstić information content (AvgIpc) is 2.76. The third-order valence-electron chi connectivity index (χ3n) is 3.15. The van der Waals surface area contributed by atoms with Gasteiger partial charge in [-0.05, 0) is 42.3 Å². The second-order valence-electron chi connectivity index (χ2n) is 4.57. The van der Waals surface area contributed by atoms with Crippen LogP contribution in [0.3, 0.4) is 0 Å². The highest BCUT2D eigenvalue weighted by Crippen LogP contribution is 2.30. The highest BCUT2D eigenvalue weighted by atomic mass is 32.2. The normalized spacial score (nSPS) is 16.9. The molecule has 1 aromatic rings. The molecule has 2 amide bonds. The van der Waals surface area contributed by atoms with Crippen molar-refractivity contribution in [2.75, 3.05) is 20.2 Å². The van der Waals surface area contributed by atoms with Gasteiger partial charge in [0.25, 0.3) is 11.1 Å². The molecule has 1 aliphatic rings. The summed E-state index contributed by atoms with van der Waals surface area (Å²) in [7, 11) is 1.63. The van der Waals surface area contributed by atoms with E-state index in [-0.39, 0.29) is 24.2 Å². The minimum atomic E-state index is -0.235. The number of ether oxygens (including phenoxy) is 1. The molecular weight excluding hydrogens is 288 g/mol. The monoisotopic (exact) mass is 306 g/mol. The van der Waals surface area contributed by atoms with E-state index < -0.39 is 0 Å². The van der Waals surface area contributed by atoms with Crippen molar-refractivity contribution in [1.29, 1.82) is 0 Å². The van der Waals surface area contributed by atoms with E-state index in [2.05, 4.69) is 0 Å². The zero-order valence-corrected chi connectivity index (χ0v) is 12.7. The topological polar surface area (TPSA) is 72.6 Å². The lowest BCUT2D eigenvalue weighted by molar-refractivity contribution is -0.122. The minimum absolute atomic E-state index is 0.231. The smallest absolute Gasteiger partial charge is 0.293 e. The van der Waals surface area contributed by atoms with E-state index in [0.29, 0.717) is 11.3 Å². The Labute approximate surface area is 128 Å². The SMILES string of the molecule is COc1ccc(CCC=C2SC(=O)N(CCN)C2=O)cc1. The molecule has 0 radical (unpaired) electrons. The van der Waals surface area contributed by atoms with Crippen molar-refractivity contribution in [1.82, 2.24) is 4.90 Å². The number of imide groups is 1. The van der Waals surface area contributed by atoms with Crippen LogP contribution in [0.4, 0.5) is 4.79 Å². The second-order valence-corrected chi connectivity index (χ2v) is 5.56. The van der Waals surface area contributed by atoms with Crippen molar-refractivity contribution in [2.45, 2.75) is 12.8 Å². The first kappa shape index (κ1) is 15.6. The number of thioether (sulfide) groups is 1. The molecule has 0 saturated carbocycles. The van der Waals surface area contributed by atoms with Gasteiger partial charge in [0.2, 0.25) is 0 Å². The van der Waals surface area contributed by atoms with Crippen LogP contribution in [0.2, 0.25) is 0 Å². The van der Waals surface area contributed by atoms with Gasteiger partial charge < -0.3 is 10.5 Å². The van der Waals surface area contributed by atoms with E-state index in [4.69, 9.17) is 10.5 Å². The number of rotatable bonds is 6. The van der Waals surface area contributed by atoms with Crippen molar-refractivity contribution < 1.29 is 14.3 Å². The second kappa shape index (κ2) is 7.28. The Bertz CT molecular complexity index is 555. The summed E-state index contributed by atoms with van der Waals surface area (Å²) < 4.78 is 5.10. The molecule has 0 unspecified atom stereocenters. The van der Waals surface area contributed by atoms with Crippen LogP contribution in [0, 0.1) is 0 Å². The molecule has 21 heavy (non-hydrogen) atoms. The lowest BCUT2D eigenvalue weighted by Crippen LogP contribution is -2.33. The zero-order chi connectivity index (χ0) is 15.2. The van der Waals surface area contributed by atoms with Gasteiger partial charge in [-0.3, -0.25) is 14.5 Å². The van der Waals surface area contributed by atoms with Gasteiger partial charge in [-0.2, -0.15) is 0 Å². The highest BCUT2D eigenvalue weighted by molar-refractivity contribution is 8.18. The van der Waals surface area contributed by atoms with E-state index in [1.807, 2.05) is 30.3 Å². The van der Waals surface area contributed by atoms with Crippen molar-refractivity contribution >= 4 is 22.9 Å². The fraction of sp³-hybridized carbons (Fsp3) is 0.333. The van der Waals surface area contributed by atoms with Crippen LogP contribution >= 0.6 is 11.8 Å². The number of nitrogens with zero attached hydrogens (tertiary/aromatic N) is 1. The third kappa shape index (κ3) is 3.86. The van der Waals surface area contributed by atoms with Gasteiger partial charge in [-0.1, -0.05) is 18.2 Å². The van der Waals surface area contributed by atoms with E-state index >= 15 is 0 Å². The number of methoxy groups -OCH3 is 1. The molecule has 0 spiro atoms. The molecule has 0 aliphatic carbocycles. The molecule has 1 fully saturated rings. The number of carbonyl (C=O) groups excluding carboxylic acids is 2. The summed E-state index contributed by atoms with van der Waals surface area (Å²) in [6, 6.07) is 7.80. The Kier molecular flexibility index (Phi) is 5.41. The van der Waals surface area contributed by atoms with Gasteiger partial charge in [-0.15, -0.1) is 0 Å². The number of carbonyl (C=O) groups is 2. The number of hydrogen-bond donors (Lipinski definition) is 1. The van der Waals surface area contributed by atoms with Crippen LogP contribution in [-0.4, -0.2) is 36.2 Å². The van der Waals surface area contributed by atoms with Gasteiger partial charge in [0.1, 0.15) is 5.75 Å². The Balaban J connectivity index is 1.92. The maximum atomic E-state index is 12.0. The maximum Gasteiger partial charge on any atom is 0.293 e. The fourth-order valence-corrected chi connectivity index (χ4v) is 2.89. The molecule has 1 saturated heterocycles. The molecule has 112 valence electrons. The van der Waals surface area contributed by atoms with Crippen molar-refractivity contribution in [3.05, 3.63) is 40.8 Å². The number of benzene rings is 1. The molecule has 1 aliphatic heterocycles. The van der Waals surface area contributed by atoms with Crippen LogP contribution in [0.5, 0.6) is 5.75 Å². The lowest BCUT2D eigenvalue weighted by Gasteiger charge is -2.09. The molecule has 5 nitrogen and oxygen atoms in total. The van der Waals surface area contributed by atoms with E-state index in [9.17, 15) is 9.59 Å². The van der Waals surface area contributed by atoms with Crippen molar-refractivity contribution in [3.63, 3.8) is 0 Å². The van der Waals surface area contributed by atoms with Crippen LogP contribution < -0.4 is 10.5 Å². The molecule has 6 heteroatoms. The first-order chi connectivity index (χ1) is 10.2. The minimum Gasteiger partial charge on any atom is -0.497 e. The molecular formula is C15H18N2O3S. The average molecular weight is 306 g/mol. The summed E-state index contributed by atoms with van der Waals surface area (Å²) >= 11 is 0.986. The summed E-state index contributed by atoms with van der Waals surface area (Å²) in [5.41, 5.74) is 6.55. The number of nitrogens with two attached hydrogens (primary N) is 1. The third-order valence-corrected chi connectivity index (χ3v) is 4.10. The highest BCUT2D eigenvalue weighted by Gasteiger charge is 2.33. The lowest BCUT2D eigenvalue weighted by atomic mass is 10.1. The van der Waals surface area contributed by atoms with Gasteiger partial charge >= 0.3 is 0 Å². The predicted octanol–water partition coefficient (Wildman–Crippen LogP) is 2.17. The molecule has 0 bridgehead atoms. The first-order valence-electron chi connectivity index (χ1n) is 6.72. The summed E-state index contributed by atoms with van der Waals surface area (Å²) in [6.07, 6.45) is 3.35. The molecule has 0 aromatic heterocycles. The Hall–Kier alpha value is -1.79. The molecule has 1 aromatic carbocycles. The first-order valence-corrected chi connectivity index (χ1v) is 7.54. The van der Waals surface area contributed by atoms with Gasteiger partial charge in [0.15, 0.2) is 0 Å². The van der Waals surface area contributed by atoms with Crippen LogP contribution in [0.15, 0.2) is 35.2 Å². The Morgan fingerprint density at radius 3 is 2.62 bits per heavy atom. The fourth-order valence-electron chi connectivity index (χ4n) is 2.02. The summed E-state index contributed by atoms with van der Waals surface area (Å²) in [6.45, 7) is 0.567. The van der Waals surface area contributed by atoms with Crippen LogP contribution in [-0.2, 0) is 11.2 Å².